The molecule has 2 aromatic heterocycles. The van der Waals surface area contributed by atoms with Crippen molar-refractivity contribution < 1.29 is 4.52 Å². The van der Waals surface area contributed by atoms with Crippen LogP contribution in [0.15, 0.2) is 10.7 Å². The lowest BCUT2D eigenvalue weighted by Crippen LogP contribution is -1.96. The zero-order chi connectivity index (χ0) is 11.0. The van der Waals surface area contributed by atoms with Crippen molar-refractivity contribution in [3.8, 4) is 0 Å². The minimum atomic E-state index is 0.300. The van der Waals surface area contributed by atoms with Crippen molar-refractivity contribution in [3.63, 3.8) is 0 Å². The third-order valence-corrected chi connectivity index (χ3v) is 2.43. The Balaban J connectivity index is 2.69. The van der Waals surface area contributed by atoms with Crippen molar-refractivity contribution in [3.05, 3.63) is 17.6 Å². The first-order chi connectivity index (χ1) is 7.11. The number of rotatable bonds is 2. The van der Waals surface area contributed by atoms with Crippen LogP contribution in [-0.4, -0.2) is 15.4 Å². The van der Waals surface area contributed by atoms with E-state index >= 15 is 0 Å². The van der Waals surface area contributed by atoms with Crippen LogP contribution < -0.4 is 0 Å². The van der Waals surface area contributed by atoms with E-state index in [0.717, 1.165) is 22.4 Å². The molecule has 0 saturated heterocycles. The summed E-state index contributed by atoms with van der Waals surface area (Å²) in [4.78, 5) is 0. The van der Waals surface area contributed by atoms with E-state index in [-0.39, 0.29) is 0 Å². The number of hydrogen-bond acceptors (Lipinski definition) is 4. The summed E-state index contributed by atoms with van der Waals surface area (Å²) in [6, 6.07) is 0. The standard InChI is InChI=1S/C11H15N3O/c1-6(2)9-8-5-12-13-10(7(3)4)11(8)15-14-9/h5-7H,1-4H3. The lowest BCUT2D eigenvalue weighted by Gasteiger charge is -2.02. The number of fused-ring (bicyclic) bond motifs is 1. The van der Waals surface area contributed by atoms with Gasteiger partial charge >= 0.3 is 0 Å². The summed E-state index contributed by atoms with van der Waals surface area (Å²) in [7, 11) is 0. The Morgan fingerprint density at radius 1 is 1.07 bits per heavy atom. The van der Waals surface area contributed by atoms with Crippen LogP contribution in [0.3, 0.4) is 0 Å². The average Bonchev–Trinajstić information content (AvgIpc) is 2.59. The van der Waals surface area contributed by atoms with Crippen molar-refractivity contribution in [2.75, 3.05) is 0 Å². The molecule has 0 unspecified atom stereocenters. The molecule has 2 rings (SSSR count). The second-order valence-electron chi connectivity index (χ2n) is 4.35. The molecule has 0 atom stereocenters. The molecule has 2 aromatic rings. The highest BCUT2D eigenvalue weighted by atomic mass is 16.5. The molecule has 0 spiro atoms. The van der Waals surface area contributed by atoms with Gasteiger partial charge in [-0.25, -0.2) is 0 Å². The van der Waals surface area contributed by atoms with Crippen LogP contribution >= 0.6 is 0 Å². The second kappa shape index (κ2) is 3.61. The fourth-order valence-corrected chi connectivity index (χ4v) is 1.61. The minimum Gasteiger partial charge on any atom is -0.354 e. The van der Waals surface area contributed by atoms with Gasteiger partial charge in [-0.1, -0.05) is 32.9 Å². The Hall–Kier alpha value is -1.45. The van der Waals surface area contributed by atoms with Crippen LogP contribution in [-0.2, 0) is 0 Å². The van der Waals surface area contributed by atoms with Gasteiger partial charge in [-0.05, 0) is 5.92 Å². The molecule has 15 heavy (non-hydrogen) atoms. The van der Waals surface area contributed by atoms with Crippen molar-refractivity contribution in [2.24, 2.45) is 0 Å². The van der Waals surface area contributed by atoms with Gasteiger partial charge in [0.15, 0.2) is 5.58 Å². The lowest BCUT2D eigenvalue weighted by molar-refractivity contribution is 0.436. The fraction of sp³-hybridized carbons (Fsp3) is 0.545. The Bertz CT molecular complexity index is 474. The van der Waals surface area contributed by atoms with E-state index in [1.807, 2.05) is 0 Å². The van der Waals surface area contributed by atoms with E-state index in [1.54, 1.807) is 6.20 Å². The van der Waals surface area contributed by atoms with Crippen LogP contribution in [0.2, 0.25) is 0 Å². The number of aromatic nitrogens is 3. The maximum atomic E-state index is 5.35. The Kier molecular flexibility index (Phi) is 2.42. The SMILES string of the molecule is CC(C)c1noc2c(C(C)C)nncc12. The molecular weight excluding hydrogens is 190 g/mol. The molecule has 0 N–H and O–H groups in total. The maximum absolute atomic E-state index is 5.35. The second-order valence-corrected chi connectivity index (χ2v) is 4.35. The summed E-state index contributed by atoms with van der Waals surface area (Å²) in [6.45, 7) is 8.32. The quantitative estimate of drug-likeness (QED) is 0.756. The third kappa shape index (κ3) is 1.60. The van der Waals surface area contributed by atoms with Gasteiger partial charge in [-0.15, -0.1) is 0 Å². The molecule has 0 aromatic carbocycles. The molecule has 4 nitrogen and oxygen atoms in total. The van der Waals surface area contributed by atoms with Gasteiger partial charge in [0.25, 0.3) is 0 Å². The molecule has 0 aliphatic heterocycles. The summed E-state index contributed by atoms with van der Waals surface area (Å²) in [5, 5.41) is 13.2. The highest BCUT2D eigenvalue weighted by Crippen LogP contribution is 2.28. The zero-order valence-electron chi connectivity index (χ0n) is 9.48. The van der Waals surface area contributed by atoms with E-state index in [0.29, 0.717) is 11.8 Å². The summed E-state index contributed by atoms with van der Waals surface area (Å²) in [5.74, 6) is 0.643. The smallest absolute Gasteiger partial charge is 0.192 e. The molecule has 0 amide bonds. The molecule has 0 saturated carbocycles. The fourth-order valence-electron chi connectivity index (χ4n) is 1.61. The van der Waals surface area contributed by atoms with E-state index in [1.165, 1.54) is 0 Å². The predicted molar refractivity (Wildman–Crippen MR) is 57.8 cm³/mol. The van der Waals surface area contributed by atoms with Gasteiger partial charge in [0.1, 0.15) is 5.69 Å². The Labute approximate surface area is 88.7 Å². The van der Waals surface area contributed by atoms with Crippen molar-refractivity contribution in [1.82, 2.24) is 15.4 Å². The van der Waals surface area contributed by atoms with E-state index in [4.69, 9.17) is 4.52 Å². The first kappa shape index (κ1) is 10.1. The molecule has 0 fully saturated rings. The average molecular weight is 205 g/mol. The largest absolute Gasteiger partial charge is 0.354 e. The topological polar surface area (TPSA) is 51.8 Å². The number of hydrogen-bond donors (Lipinski definition) is 0. The van der Waals surface area contributed by atoms with Gasteiger partial charge in [0.2, 0.25) is 0 Å². The summed E-state index contributed by atoms with van der Waals surface area (Å²) < 4.78 is 5.35. The van der Waals surface area contributed by atoms with Gasteiger partial charge < -0.3 is 4.52 Å². The third-order valence-electron chi connectivity index (χ3n) is 2.43. The monoisotopic (exact) mass is 205 g/mol. The van der Waals surface area contributed by atoms with Crippen molar-refractivity contribution in [2.45, 2.75) is 39.5 Å². The highest BCUT2D eigenvalue weighted by molar-refractivity contribution is 5.80. The van der Waals surface area contributed by atoms with Gasteiger partial charge in [-0.2, -0.15) is 10.2 Å². The first-order valence-electron chi connectivity index (χ1n) is 5.22. The molecule has 0 radical (unpaired) electrons. The maximum Gasteiger partial charge on any atom is 0.192 e. The summed E-state index contributed by atoms with van der Waals surface area (Å²) >= 11 is 0. The Morgan fingerprint density at radius 3 is 2.33 bits per heavy atom. The molecular formula is C11H15N3O. The summed E-state index contributed by atoms with van der Waals surface area (Å²) in [5.41, 5.74) is 2.62. The van der Waals surface area contributed by atoms with Crippen LogP contribution in [0.1, 0.15) is 50.9 Å². The van der Waals surface area contributed by atoms with Crippen LogP contribution in [0, 0.1) is 0 Å². The van der Waals surface area contributed by atoms with E-state index < -0.39 is 0 Å². The minimum absolute atomic E-state index is 0.300. The summed E-state index contributed by atoms with van der Waals surface area (Å²) in [6.07, 6.45) is 1.73. The van der Waals surface area contributed by atoms with Crippen molar-refractivity contribution in [1.29, 1.82) is 0 Å². The molecule has 4 heteroatoms. The molecule has 0 aliphatic rings. The normalized spacial score (nSPS) is 11.9. The van der Waals surface area contributed by atoms with E-state index in [9.17, 15) is 0 Å². The molecule has 80 valence electrons. The molecule has 0 aliphatic carbocycles. The van der Waals surface area contributed by atoms with Gasteiger partial charge in [-0.3, -0.25) is 0 Å². The molecule has 2 heterocycles. The molecule has 0 bridgehead atoms. The predicted octanol–water partition coefficient (Wildman–Crippen LogP) is 2.86. The van der Waals surface area contributed by atoms with Crippen molar-refractivity contribution >= 4 is 11.0 Å². The lowest BCUT2D eigenvalue weighted by atomic mass is 10.0. The van der Waals surface area contributed by atoms with Gasteiger partial charge in [0, 0.05) is 5.92 Å². The zero-order valence-corrected chi connectivity index (χ0v) is 9.48. The van der Waals surface area contributed by atoms with Crippen LogP contribution in [0.5, 0.6) is 0 Å². The Morgan fingerprint density at radius 2 is 1.73 bits per heavy atom. The first-order valence-corrected chi connectivity index (χ1v) is 5.22. The van der Waals surface area contributed by atoms with Crippen LogP contribution in [0.25, 0.3) is 11.0 Å². The van der Waals surface area contributed by atoms with Crippen LogP contribution in [0.4, 0.5) is 0 Å². The van der Waals surface area contributed by atoms with E-state index in [2.05, 4.69) is 43.0 Å². The van der Waals surface area contributed by atoms with Gasteiger partial charge in [0.05, 0.1) is 17.3 Å². The number of nitrogens with zero attached hydrogens (tertiary/aromatic N) is 3. The highest BCUT2D eigenvalue weighted by Gasteiger charge is 2.17.